The summed E-state index contributed by atoms with van der Waals surface area (Å²) >= 11 is 0. The summed E-state index contributed by atoms with van der Waals surface area (Å²) in [4.78, 5) is 79.5. The summed E-state index contributed by atoms with van der Waals surface area (Å²) in [5.41, 5.74) is -15.2. The fourth-order valence-corrected chi connectivity index (χ4v) is 27.6. The number of hydrogen-bond acceptors (Lipinski definition) is 34. The van der Waals surface area contributed by atoms with Gasteiger partial charge in [-0.15, -0.1) is 0 Å². The van der Waals surface area contributed by atoms with E-state index in [2.05, 4.69) is 48.5 Å². The number of carbonyl (C=O) groups excluding carboxylic acids is 5. The van der Waals surface area contributed by atoms with Gasteiger partial charge in [-0.05, 0) is 129 Å². The Morgan fingerprint density at radius 3 is 0.985 bits per heavy atom. The van der Waals surface area contributed by atoms with Crippen molar-refractivity contribution in [1.82, 2.24) is 0 Å². The predicted octanol–water partition coefficient (Wildman–Crippen LogP) is 1.87. The Morgan fingerprint density at radius 1 is 0.391 bits per heavy atom. The predicted molar refractivity (Wildman–Crippen MR) is 457 cm³/mol. The third-order valence-electron chi connectivity index (χ3n) is 36.8. The van der Waals surface area contributed by atoms with Crippen molar-refractivity contribution in [2.24, 2.45) is 104 Å². The van der Waals surface area contributed by atoms with Crippen LogP contribution in [0.2, 0.25) is 0 Å². The Labute approximate surface area is 887 Å². The smallest absolute Gasteiger partial charge is 0.332 e. The van der Waals surface area contributed by atoms with E-state index in [0.717, 1.165) is 12.8 Å². The van der Waals surface area contributed by atoms with Gasteiger partial charge in [-0.2, -0.15) is 0 Å². The summed E-state index contributed by atoms with van der Waals surface area (Å²) in [6.07, 6.45) is -20.9. The summed E-state index contributed by atoms with van der Waals surface area (Å²) in [6, 6.07) is 0. The molecule has 133 heavy (non-hydrogen) atoms. The standard InChI is InChI=1S/C33H52O10.C29H44O14.C21H32O7.C12H22O4.3Ac/c1-10-21-16(3)15(2)17(4)29(42-21)40-13-24(35)43-22-11-23-32(38,14-41-23)27-19(6)33(39)12-20(34)18(5)25(30(33,7)8)26(36)28(37)31(22,27)9;1-11-13(31)7-29(39)12(2)23-27(5,24(37)20(34)18(11)26(29,3)4)15(6-16-28(23,38)10-41-16)43-17(32)9-40-25-22(36)21(35)19(33)14(8-30)42-25;1-9-11(22)7-21(27)10(2)16-19(5,12(23)6-13-20(16,26)8-28-13)17(25)15(24)14(9)18(21,3)4;1-5-10-8(3)7(2)9(4)12(16-10)15-6-11(13)14;;;/h15-17,19-23,26-27,29,34,36,38-39H,10-14H2,1-9H3;12-16,19-23,25,30-31,33-36,38-39H,6-10H2,1-5H3;10-13,15-16,22-24,26-27H,6-8H2,1-5H3;7-10,12H,5-6H2,1-4H3,(H,13,14);;;/t15?,16?,17?,19-,20?,21?,22?,23?,26?,27?,29?,31+,32-,33?;12-,13?,14?,15?,16?,19?,20?,21?,22?,23?,25?,27+,28-,29?;10-,11?,12?,13?,15?,16?,19+,20-,21?;;;;/m000..../s1. The number of ketones is 3. The summed E-state index contributed by atoms with van der Waals surface area (Å²) in [7, 11) is 0. The first-order chi connectivity index (χ1) is 60.0. The zero-order chi connectivity index (χ0) is 97.4. The van der Waals surface area contributed by atoms with Gasteiger partial charge in [-0.3, -0.25) is 14.4 Å². The summed E-state index contributed by atoms with van der Waals surface area (Å²) < 4.78 is 62.5. The molecule has 6 bridgehead atoms. The summed E-state index contributed by atoms with van der Waals surface area (Å²) in [6.45, 7) is 39.9. The maximum atomic E-state index is 14.5. The second kappa shape index (κ2) is 41.7. The molecule has 0 aromatic carbocycles. The molecule has 0 aromatic rings. The van der Waals surface area contributed by atoms with E-state index in [4.69, 9.17) is 57.2 Å². The molecule has 9 aliphatic carbocycles. The number of rotatable bonds is 14. The van der Waals surface area contributed by atoms with E-state index < -0.39 is 260 Å². The van der Waals surface area contributed by atoms with Crippen LogP contribution in [0.1, 0.15) is 211 Å². The number of hydrogen-bond donors (Lipinski definition) is 18. The molecule has 6 saturated heterocycles. The summed E-state index contributed by atoms with van der Waals surface area (Å²) in [5.74, 6) is -7.73. The van der Waals surface area contributed by atoms with E-state index in [9.17, 15) is 116 Å². The molecule has 6 heterocycles. The molecular formula is C95H150Ac3O35. The molecular weight excluding hydrogens is 2380 g/mol. The maximum Gasteiger partial charge on any atom is 0.332 e. The number of ether oxygens (including phenoxy) is 11. The molecule has 38 heteroatoms. The normalized spacial score (nSPS) is 49.4. The zero-order valence-electron chi connectivity index (χ0n) is 81.4. The largest absolute Gasteiger partial charge is 0.480 e. The minimum Gasteiger partial charge on any atom is -0.480 e. The monoisotopic (exact) mass is 2530 g/mol. The Morgan fingerprint density at radius 2 is 0.684 bits per heavy atom. The van der Waals surface area contributed by atoms with Crippen LogP contribution in [0.4, 0.5) is 0 Å². The molecule has 35 nitrogen and oxygen atoms in total. The molecule has 6 aliphatic heterocycles. The number of carboxylic acid groups (broad SMARTS) is 1. The Kier molecular flexibility index (Phi) is 36.5. The number of fused-ring (bicyclic) bond motifs is 15. The van der Waals surface area contributed by atoms with Crippen LogP contribution >= 0.6 is 0 Å². The van der Waals surface area contributed by atoms with Gasteiger partial charge in [-0.1, -0.05) is 118 Å². The first kappa shape index (κ1) is 116. The molecule has 749 valence electrons. The van der Waals surface area contributed by atoms with E-state index in [1.807, 2.05) is 6.92 Å². The van der Waals surface area contributed by atoms with Crippen molar-refractivity contribution in [3.8, 4) is 0 Å². The minimum absolute atomic E-state index is 0. The van der Waals surface area contributed by atoms with Crippen LogP contribution in [0, 0.1) is 236 Å². The number of esters is 2. The van der Waals surface area contributed by atoms with E-state index >= 15 is 0 Å². The van der Waals surface area contributed by atoms with Gasteiger partial charge >= 0.3 is 17.9 Å². The average molecular weight is 2530 g/mol. The minimum atomic E-state index is -1.79. The molecule has 42 atom stereocenters. The van der Waals surface area contributed by atoms with Crippen LogP contribution in [0.3, 0.4) is 0 Å². The van der Waals surface area contributed by atoms with Crippen LogP contribution in [0.25, 0.3) is 0 Å². The molecule has 0 spiro atoms. The van der Waals surface area contributed by atoms with Gasteiger partial charge in [0.2, 0.25) is 0 Å². The second-order valence-corrected chi connectivity index (χ2v) is 43.7. The Bertz CT molecular complexity index is 4170. The number of aliphatic hydroxyl groups is 17. The molecule has 3 radical (unpaired) electrons. The molecule has 33 unspecified atom stereocenters. The van der Waals surface area contributed by atoms with Crippen molar-refractivity contribution < 1.29 is 305 Å². The van der Waals surface area contributed by atoms with Crippen LogP contribution in [-0.2, 0) is 80.9 Å². The third kappa shape index (κ3) is 18.5. The van der Waals surface area contributed by atoms with Crippen molar-refractivity contribution in [1.29, 1.82) is 0 Å². The van der Waals surface area contributed by atoms with Crippen LogP contribution in [0.5, 0.6) is 0 Å². The van der Waals surface area contributed by atoms with Crippen molar-refractivity contribution >= 4 is 35.3 Å². The maximum absolute atomic E-state index is 14.5. The Balaban J connectivity index is 0.000000208. The molecule has 6 saturated carbocycles. The van der Waals surface area contributed by atoms with Gasteiger partial charge in [0.15, 0.2) is 36.2 Å². The van der Waals surface area contributed by atoms with Crippen LogP contribution < -0.4 is 0 Å². The zero-order valence-corrected chi connectivity index (χ0v) is 95.6. The second-order valence-electron chi connectivity index (χ2n) is 43.7. The topological polar surface area (TPSA) is 568 Å². The number of Topliss-reactive ketones (excluding diaryl/α,β-unsaturated/α-hetero) is 3. The summed E-state index contributed by atoms with van der Waals surface area (Å²) in [5, 5.41) is 198. The van der Waals surface area contributed by atoms with Crippen molar-refractivity contribution in [3.63, 3.8) is 0 Å². The molecule has 15 rings (SSSR count). The van der Waals surface area contributed by atoms with Gasteiger partial charge in [-0.25, -0.2) is 14.4 Å². The van der Waals surface area contributed by atoms with Crippen molar-refractivity contribution in [2.45, 2.75) is 373 Å². The number of carbonyl (C=O) groups is 6. The first-order valence-electron chi connectivity index (χ1n) is 46.7. The van der Waals surface area contributed by atoms with Gasteiger partial charge in [0.1, 0.15) is 91.6 Å². The SMILES string of the molecule is CC1=C2C(O)C(=O)[C@]3(C)C(O)CC4OC[C@@]4(O)C3[C@H](C)C(O)(CC1O)C2(C)C.CC1=C2C(O)C(=O)[C@]3(C)C(OC(=O)COC4OC(CO)C(O)C(O)C4O)CC4OC[C@@]4(O)C3[C@H](C)C(O)(CC1O)C2(C)C.CCC1OC(OCC(=O)O)C(C)C(C)C1C.CCC1OC(OCC(=O)OC2CC3OC[C@@]3(O)C3[C@H](C)C4(O)CC(O)C(C)=C(C(O)C(=O)[C@]23C)C4(C)C)C(C)C(C)C1C.[Ac].[Ac].[Ac]. The van der Waals surface area contributed by atoms with Gasteiger partial charge in [0, 0.05) is 217 Å². The van der Waals surface area contributed by atoms with E-state index in [1.165, 1.54) is 6.92 Å². The van der Waals surface area contributed by atoms with Crippen molar-refractivity contribution in [3.05, 3.63) is 33.4 Å². The van der Waals surface area contributed by atoms with Gasteiger partial charge < -0.3 is 144 Å². The van der Waals surface area contributed by atoms with E-state index in [1.54, 1.807) is 96.9 Å². The first-order valence-corrected chi connectivity index (χ1v) is 46.7. The number of aliphatic carboxylic acids is 1. The molecule has 18 N–H and O–H groups in total. The molecule has 0 aromatic heterocycles. The fourth-order valence-electron chi connectivity index (χ4n) is 27.6. The van der Waals surface area contributed by atoms with Crippen LogP contribution in [-0.4, -0.2) is 336 Å². The van der Waals surface area contributed by atoms with Crippen LogP contribution in [0.15, 0.2) is 33.4 Å². The molecule has 12 fully saturated rings. The fraction of sp³-hybridized carbons (Fsp3) is 0.874. The van der Waals surface area contributed by atoms with Gasteiger partial charge in [0.25, 0.3) is 0 Å². The quantitative estimate of drug-likeness (QED) is 0.0872. The molecule has 15 aliphatic rings. The van der Waals surface area contributed by atoms with Crippen molar-refractivity contribution in [2.75, 3.05) is 46.2 Å². The Hall–Kier alpha value is -0.0753. The average Bonchev–Trinajstić information content (AvgIpc) is 0.681. The number of aliphatic hydroxyl groups excluding tert-OH is 11. The molecule has 0 amide bonds. The third-order valence-corrected chi connectivity index (χ3v) is 36.8. The van der Waals surface area contributed by atoms with Gasteiger partial charge in [0.05, 0.1) is 114 Å². The van der Waals surface area contributed by atoms with E-state index in [-0.39, 0.29) is 245 Å². The van der Waals surface area contributed by atoms with E-state index in [0.29, 0.717) is 46.0 Å². The number of carboxylic acids is 1.